The number of nitrogens with zero attached hydrogens (tertiary/aromatic N) is 2. The predicted octanol–water partition coefficient (Wildman–Crippen LogP) is 17.7. The molecular weight excluding hydrogens is 749 g/mol. The van der Waals surface area contributed by atoms with Crippen molar-refractivity contribution in [2.75, 3.05) is 9.80 Å². The Morgan fingerprint density at radius 3 is 1.11 bits per heavy atom. The van der Waals surface area contributed by atoms with Gasteiger partial charge >= 0.3 is 0 Å². The van der Waals surface area contributed by atoms with Gasteiger partial charge in [-0.15, -0.1) is 0 Å². The van der Waals surface area contributed by atoms with Gasteiger partial charge in [-0.25, -0.2) is 0 Å². The molecule has 0 saturated heterocycles. The van der Waals surface area contributed by atoms with Crippen LogP contribution in [0.2, 0.25) is 0 Å². The zero-order chi connectivity index (χ0) is 42.5. The number of rotatable bonds is 10. The summed E-state index contributed by atoms with van der Waals surface area (Å²) in [6.45, 7) is 13.6. The smallest absolute Gasteiger partial charge is 0.0540 e. The van der Waals surface area contributed by atoms with Crippen molar-refractivity contribution in [2.24, 2.45) is 0 Å². The van der Waals surface area contributed by atoms with Crippen LogP contribution in [0, 0.1) is 13.8 Å². The van der Waals surface area contributed by atoms with Gasteiger partial charge in [0, 0.05) is 33.5 Å². The molecule has 0 fully saturated rings. The first-order valence-electron chi connectivity index (χ1n) is 22.1. The van der Waals surface area contributed by atoms with E-state index < -0.39 is 0 Å². The molecule has 0 heterocycles. The molecule has 62 heavy (non-hydrogen) atoms. The Bertz CT molecular complexity index is 3000. The zero-order valence-corrected chi connectivity index (χ0v) is 36.5. The molecule has 0 aliphatic heterocycles. The van der Waals surface area contributed by atoms with Crippen molar-refractivity contribution in [1.82, 2.24) is 0 Å². The van der Waals surface area contributed by atoms with Crippen LogP contribution < -0.4 is 9.80 Å². The molecule has 2 heteroatoms. The van der Waals surface area contributed by atoms with Crippen molar-refractivity contribution >= 4 is 66.4 Å². The molecule has 0 N–H and O–H groups in total. The fraction of sp³-hybridized carbons (Fsp3) is 0.133. The highest BCUT2D eigenvalue weighted by Crippen LogP contribution is 2.49. The molecule has 10 aromatic rings. The second-order valence-electron chi connectivity index (χ2n) is 17.4. The third kappa shape index (κ3) is 6.77. The van der Waals surface area contributed by atoms with Gasteiger partial charge in [-0.2, -0.15) is 0 Å². The first kappa shape index (κ1) is 39.0. The molecule has 302 valence electrons. The van der Waals surface area contributed by atoms with Crippen LogP contribution in [-0.2, 0) is 0 Å². The minimum absolute atomic E-state index is 0.413. The number of anilines is 6. The molecule has 0 aliphatic rings. The number of hydrogen-bond donors (Lipinski definition) is 0. The molecule has 0 atom stereocenters. The van der Waals surface area contributed by atoms with Crippen molar-refractivity contribution in [3.8, 4) is 22.3 Å². The van der Waals surface area contributed by atoms with E-state index in [2.05, 4.69) is 245 Å². The first-order chi connectivity index (χ1) is 30.3. The van der Waals surface area contributed by atoms with Crippen molar-refractivity contribution in [1.29, 1.82) is 0 Å². The summed E-state index contributed by atoms with van der Waals surface area (Å²) in [5.74, 6) is 0.826. The van der Waals surface area contributed by atoms with Crippen LogP contribution >= 0.6 is 0 Å². The van der Waals surface area contributed by atoms with Crippen molar-refractivity contribution in [2.45, 2.75) is 53.4 Å². The van der Waals surface area contributed by atoms with Crippen LogP contribution in [0.3, 0.4) is 0 Å². The second-order valence-corrected chi connectivity index (χ2v) is 17.4. The third-order valence-electron chi connectivity index (χ3n) is 12.8. The molecule has 10 rings (SSSR count). The van der Waals surface area contributed by atoms with Crippen molar-refractivity contribution < 1.29 is 0 Å². The Balaban J connectivity index is 1.20. The Labute approximate surface area is 366 Å². The lowest BCUT2D eigenvalue weighted by Gasteiger charge is -2.31. The molecule has 0 unspecified atom stereocenters. The van der Waals surface area contributed by atoms with E-state index in [9.17, 15) is 0 Å². The largest absolute Gasteiger partial charge is 0.310 e. The van der Waals surface area contributed by atoms with Gasteiger partial charge in [0.1, 0.15) is 0 Å². The maximum absolute atomic E-state index is 2.48. The quantitative estimate of drug-likeness (QED) is 0.127. The average molecular weight is 801 g/mol. The van der Waals surface area contributed by atoms with E-state index in [-0.39, 0.29) is 0 Å². The van der Waals surface area contributed by atoms with Crippen molar-refractivity contribution in [3.05, 3.63) is 216 Å². The van der Waals surface area contributed by atoms with E-state index >= 15 is 0 Å². The van der Waals surface area contributed by atoms with Gasteiger partial charge in [-0.3, -0.25) is 0 Å². The van der Waals surface area contributed by atoms with Gasteiger partial charge in [0.05, 0.1) is 11.4 Å². The standard InChI is InChI=1S/C60H52N2/c1-39(2)49-21-13-15-23-51(49)45-27-25-41(5)57(37-45)61(47-17-9-7-10-18-47)55-35-31-43-30-34-54-56(36-32-44-29-33-53(55)59(43)60(44)54)62(48-19-11-8-12-20-48)58-38-46(28-26-42(58)6)52-24-16-14-22-50(52)40(3)4/h7-40H,1-6H3. The summed E-state index contributed by atoms with van der Waals surface area (Å²) < 4.78 is 0. The molecule has 0 spiro atoms. The van der Waals surface area contributed by atoms with E-state index in [1.807, 2.05) is 0 Å². The fourth-order valence-electron chi connectivity index (χ4n) is 9.69. The summed E-state index contributed by atoms with van der Waals surface area (Å²) in [4.78, 5) is 4.95. The summed E-state index contributed by atoms with van der Waals surface area (Å²) >= 11 is 0. The van der Waals surface area contributed by atoms with Gasteiger partial charge in [0.15, 0.2) is 0 Å². The van der Waals surface area contributed by atoms with Gasteiger partial charge < -0.3 is 9.80 Å². The van der Waals surface area contributed by atoms with E-state index in [1.165, 1.54) is 88.2 Å². The highest BCUT2D eigenvalue weighted by molar-refractivity contribution is 6.28. The minimum Gasteiger partial charge on any atom is -0.310 e. The van der Waals surface area contributed by atoms with E-state index in [0.29, 0.717) is 11.8 Å². The Morgan fingerprint density at radius 2 is 0.710 bits per heavy atom. The molecule has 0 aliphatic carbocycles. The lowest BCUT2D eigenvalue weighted by atomic mass is 9.90. The van der Waals surface area contributed by atoms with Gasteiger partial charge in [-0.1, -0.05) is 173 Å². The summed E-state index contributed by atoms with van der Waals surface area (Å²) in [6.07, 6.45) is 0. The molecule has 2 nitrogen and oxygen atoms in total. The first-order valence-corrected chi connectivity index (χ1v) is 22.1. The van der Waals surface area contributed by atoms with Crippen LogP contribution in [0.15, 0.2) is 194 Å². The van der Waals surface area contributed by atoms with Crippen LogP contribution in [0.5, 0.6) is 0 Å². The van der Waals surface area contributed by atoms with Crippen LogP contribution in [0.4, 0.5) is 34.1 Å². The van der Waals surface area contributed by atoms with Crippen LogP contribution in [-0.4, -0.2) is 0 Å². The summed E-state index contributed by atoms with van der Waals surface area (Å²) in [6, 6.07) is 72.0. The molecule has 0 radical (unpaired) electrons. The molecule has 0 amide bonds. The molecular formula is C60H52N2. The number of hydrogen-bond acceptors (Lipinski definition) is 2. The summed E-state index contributed by atoms with van der Waals surface area (Å²) in [5.41, 5.74) is 17.1. The van der Waals surface area contributed by atoms with Gasteiger partial charge in [-0.05, 0) is 140 Å². The molecule has 0 bridgehead atoms. The fourth-order valence-corrected chi connectivity index (χ4v) is 9.69. The lowest BCUT2D eigenvalue weighted by Crippen LogP contribution is -2.13. The SMILES string of the molecule is Cc1ccc(-c2ccccc2C(C)C)cc1N(c1ccccc1)c1ccc2ccc3c(N(c4ccccc4)c4cc(-c5ccccc5C(C)C)ccc4C)ccc4ccc1c2c43. The number of para-hydroxylation sites is 2. The highest BCUT2D eigenvalue weighted by Gasteiger charge is 2.24. The predicted molar refractivity (Wildman–Crippen MR) is 268 cm³/mol. The van der Waals surface area contributed by atoms with E-state index in [1.54, 1.807) is 0 Å². The maximum Gasteiger partial charge on any atom is 0.0540 e. The van der Waals surface area contributed by atoms with Crippen LogP contribution in [0.1, 0.15) is 61.8 Å². The van der Waals surface area contributed by atoms with Crippen LogP contribution in [0.25, 0.3) is 54.6 Å². The van der Waals surface area contributed by atoms with Crippen molar-refractivity contribution in [3.63, 3.8) is 0 Å². The topological polar surface area (TPSA) is 6.48 Å². The molecule has 10 aromatic carbocycles. The Kier molecular flexibility index (Phi) is 10.1. The number of aryl methyl sites for hydroxylation is 2. The Hall–Kier alpha value is -7.16. The summed E-state index contributed by atoms with van der Waals surface area (Å²) in [5, 5.41) is 7.48. The minimum atomic E-state index is 0.413. The van der Waals surface area contributed by atoms with E-state index in [4.69, 9.17) is 0 Å². The normalized spacial score (nSPS) is 11.7. The molecule has 0 saturated carbocycles. The Morgan fingerprint density at radius 1 is 0.339 bits per heavy atom. The number of benzene rings is 10. The van der Waals surface area contributed by atoms with E-state index in [0.717, 1.165) is 22.7 Å². The average Bonchev–Trinajstić information content (AvgIpc) is 3.31. The third-order valence-corrected chi connectivity index (χ3v) is 12.8. The summed E-state index contributed by atoms with van der Waals surface area (Å²) in [7, 11) is 0. The second kappa shape index (κ2) is 16.0. The highest BCUT2D eigenvalue weighted by atomic mass is 15.2. The monoisotopic (exact) mass is 800 g/mol. The van der Waals surface area contributed by atoms with Gasteiger partial charge in [0.2, 0.25) is 0 Å². The molecule has 0 aromatic heterocycles. The zero-order valence-electron chi connectivity index (χ0n) is 36.5. The van der Waals surface area contributed by atoms with Gasteiger partial charge in [0.25, 0.3) is 0 Å². The maximum atomic E-state index is 2.48. The lowest BCUT2D eigenvalue weighted by molar-refractivity contribution is 0.869.